The summed E-state index contributed by atoms with van der Waals surface area (Å²) in [6.07, 6.45) is 0.661. The first-order chi connectivity index (χ1) is 8.18. The average molecular weight is 242 g/mol. The van der Waals surface area contributed by atoms with Gasteiger partial charge in [0.15, 0.2) is 0 Å². The first kappa shape index (κ1) is 12.5. The number of aliphatic hydroxyl groups excluding tert-OH is 1. The van der Waals surface area contributed by atoms with Crippen molar-refractivity contribution in [1.29, 1.82) is 0 Å². The smallest absolute Gasteiger partial charge is 0.255 e. The second-order valence-corrected chi connectivity index (χ2v) is 4.17. The molecule has 6 nitrogen and oxygen atoms in total. The number of aromatic nitrogens is 2. The molecule has 0 aliphatic carbocycles. The Morgan fingerprint density at radius 2 is 2.18 bits per heavy atom. The quantitative estimate of drug-likeness (QED) is 0.853. The molecule has 6 heteroatoms. The van der Waals surface area contributed by atoms with Gasteiger partial charge in [-0.2, -0.15) is 4.98 Å². The molecule has 1 unspecified atom stereocenters. The number of hydrogen-bond donors (Lipinski definition) is 1. The molecule has 17 heavy (non-hydrogen) atoms. The topological polar surface area (TPSA) is 77.6 Å². The third kappa shape index (κ3) is 2.48. The fourth-order valence-electron chi connectivity index (χ4n) is 2.00. The standard InChI is InChI=1S/C11H18N2O4/c1-3-16-11(4-6-15-7-5-11)10-12-9(8(2)14)17-13-10/h8,14H,3-7H2,1-2H3. The predicted molar refractivity (Wildman–Crippen MR) is 58.3 cm³/mol. The highest BCUT2D eigenvalue weighted by Gasteiger charge is 2.40. The van der Waals surface area contributed by atoms with E-state index >= 15 is 0 Å². The van der Waals surface area contributed by atoms with E-state index in [1.165, 1.54) is 0 Å². The van der Waals surface area contributed by atoms with Crippen LogP contribution < -0.4 is 0 Å². The van der Waals surface area contributed by atoms with Gasteiger partial charge in [-0.05, 0) is 13.8 Å². The number of ether oxygens (including phenoxy) is 2. The Morgan fingerprint density at radius 3 is 2.71 bits per heavy atom. The monoisotopic (exact) mass is 242 g/mol. The highest BCUT2D eigenvalue weighted by atomic mass is 16.5. The Labute approximate surface area is 99.9 Å². The van der Waals surface area contributed by atoms with E-state index in [1.807, 2.05) is 6.92 Å². The molecule has 0 amide bonds. The van der Waals surface area contributed by atoms with E-state index in [9.17, 15) is 5.11 Å². The van der Waals surface area contributed by atoms with Gasteiger partial charge in [0.2, 0.25) is 5.82 Å². The summed E-state index contributed by atoms with van der Waals surface area (Å²) in [5.74, 6) is 0.740. The van der Waals surface area contributed by atoms with E-state index in [-0.39, 0.29) is 5.89 Å². The van der Waals surface area contributed by atoms with Crippen LogP contribution >= 0.6 is 0 Å². The minimum absolute atomic E-state index is 0.227. The zero-order valence-electron chi connectivity index (χ0n) is 10.2. The van der Waals surface area contributed by atoms with E-state index in [0.29, 0.717) is 38.5 Å². The minimum Gasteiger partial charge on any atom is -0.384 e. The molecule has 0 radical (unpaired) electrons. The van der Waals surface area contributed by atoms with Gasteiger partial charge in [0.1, 0.15) is 11.7 Å². The number of hydrogen-bond acceptors (Lipinski definition) is 6. The zero-order chi connectivity index (χ0) is 12.3. The van der Waals surface area contributed by atoms with Crippen LogP contribution in [0.3, 0.4) is 0 Å². The van der Waals surface area contributed by atoms with Crippen LogP contribution in [-0.4, -0.2) is 35.1 Å². The van der Waals surface area contributed by atoms with Crippen molar-refractivity contribution in [3.8, 4) is 0 Å². The summed E-state index contributed by atoms with van der Waals surface area (Å²) in [6, 6.07) is 0. The number of nitrogens with zero attached hydrogens (tertiary/aromatic N) is 2. The summed E-state index contributed by atoms with van der Waals surface area (Å²) in [4.78, 5) is 4.22. The molecule has 0 bridgehead atoms. The van der Waals surface area contributed by atoms with E-state index in [1.54, 1.807) is 6.92 Å². The second-order valence-electron chi connectivity index (χ2n) is 4.17. The summed E-state index contributed by atoms with van der Waals surface area (Å²) in [7, 11) is 0. The molecule has 1 aromatic heterocycles. The van der Waals surface area contributed by atoms with Gasteiger partial charge in [-0.1, -0.05) is 5.16 Å². The molecule has 1 saturated heterocycles. The van der Waals surface area contributed by atoms with E-state index in [2.05, 4.69) is 10.1 Å². The van der Waals surface area contributed by atoms with Crippen LogP contribution in [-0.2, 0) is 15.1 Å². The van der Waals surface area contributed by atoms with Crippen molar-refractivity contribution in [1.82, 2.24) is 10.1 Å². The molecule has 1 fully saturated rings. The Kier molecular flexibility index (Phi) is 3.76. The first-order valence-electron chi connectivity index (χ1n) is 5.92. The van der Waals surface area contributed by atoms with Gasteiger partial charge < -0.3 is 19.1 Å². The van der Waals surface area contributed by atoms with Gasteiger partial charge in [-0.3, -0.25) is 0 Å². The van der Waals surface area contributed by atoms with Crippen LogP contribution in [0.2, 0.25) is 0 Å². The third-order valence-electron chi connectivity index (χ3n) is 2.93. The highest BCUT2D eigenvalue weighted by molar-refractivity contribution is 5.03. The second kappa shape index (κ2) is 5.12. The SMILES string of the molecule is CCOC1(c2noc(C(C)O)n2)CCOCC1. The van der Waals surface area contributed by atoms with Gasteiger partial charge in [-0.25, -0.2) is 0 Å². The van der Waals surface area contributed by atoms with Gasteiger partial charge >= 0.3 is 0 Å². The molecule has 2 heterocycles. The van der Waals surface area contributed by atoms with E-state index < -0.39 is 11.7 Å². The molecule has 1 atom stereocenters. The van der Waals surface area contributed by atoms with Crippen LogP contribution in [0.1, 0.15) is 44.5 Å². The van der Waals surface area contributed by atoms with Crippen molar-refractivity contribution in [3.63, 3.8) is 0 Å². The maximum Gasteiger partial charge on any atom is 0.255 e. The molecule has 1 N–H and O–H groups in total. The van der Waals surface area contributed by atoms with Crippen LogP contribution in [0, 0.1) is 0 Å². The molecule has 96 valence electrons. The Hall–Kier alpha value is -0.980. The van der Waals surface area contributed by atoms with Gasteiger partial charge in [-0.15, -0.1) is 0 Å². The molecule has 2 rings (SSSR count). The minimum atomic E-state index is -0.755. The van der Waals surface area contributed by atoms with Crippen molar-refractivity contribution in [2.45, 2.75) is 38.4 Å². The van der Waals surface area contributed by atoms with Crippen LogP contribution in [0.4, 0.5) is 0 Å². The summed E-state index contributed by atoms with van der Waals surface area (Å²) in [6.45, 7) is 5.36. The third-order valence-corrected chi connectivity index (χ3v) is 2.93. The summed E-state index contributed by atoms with van der Waals surface area (Å²) in [5.41, 5.74) is -0.524. The zero-order valence-corrected chi connectivity index (χ0v) is 10.2. The summed E-state index contributed by atoms with van der Waals surface area (Å²) in [5, 5.41) is 13.3. The molecule has 1 aromatic rings. The van der Waals surface area contributed by atoms with E-state index in [4.69, 9.17) is 14.0 Å². The van der Waals surface area contributed by atoms with Gasteiger partial charge in [0.25, 0.3) is 5.89 Å². The fourth-order valence-corrected chi connectivity index (χ4v) is 2.00. The maximum atomic E-state index is 9.39. The Balaban J connectivity index is 2.24. The largest absolute Gasteiger partial charge is 0.384 e. The van der Waals surface area contributed by atoms with Crippen molar-refractivity contribution in [2.24, 2.45) is 0 Å². The number of rotatable bonds is 4. The molecular formula is C11H18N2O4. The molecule has 0 spiro atoms. The highest BCUT2D eigenvalue weighted by Crippen LogP contribution is 2.34. The lowest BCUT2D eigenvalue weighted by atomic mass is 9.93. The van der Waals surface area contributed by atoms with Crippen molar-refractivity contribution < 1.29 is 19.1 Å². The van der Waals surface area contributed by atoms with Gasteiger partial charge in [0, 0.05) is 32.7 Å². The Bertz CT molecular complexity index is 353. The summed E-state index contributed by atoms with van der Waals surface area (Å²) < 4.78 is 16.2. The first-order valence-corrected chi connectivity index (χ1v) is 5.92. The van der Waals surface area contributed by atoms with Gasteiger partial charge in [0.05, 0.1) is 0 Å². The normalized spacial score (nSPS) is 21.4. The lowest BCUT2D eigenvalue weighted by Crippen LogP contribution is -2.37. The van der Waals surface area contributed by atoms with Crippen molar-refractivity contribution in [3.05, 3.63) is 11.7 Å². The van der Waals surface area contributed by atoms with Crippen LogP contribution in [0.5, 0.6) is 0 Å². The number of aliphatic hydroxyl groups is 1. The lowest BCUT2D eigenvalue weighted by molar-refractivity contribution is -0.118. The summed E-state index contributed by atoms with van der Waals surface area (Å²) >= 11 is 0. The van der Waals surface area contributed by atoms with Crippen molar-refractivity contribution >= 4 is 0 Å². The fraction of sp³-hybridized carbons (Fsp3) is 0.818. The van der Waals surface area contributed by atoms with Crippen molar-refractivity contribution in [2.75, 3.05) is 19.8 Å². The molecule has 1 aliphatic heterocycles. The molecule has 1 aliphatic rings. The maximum absolute atomic E-state index is 9.39. The molecular weight excluding hydrogens is 224 g/mol. The molecule has 0 saturated carbocycles. The Morgan fingerprint density at radius 1 is 1.47 bits per heavy atom. The predicted octanol–water partition coefficient (Wildman–Crippen LogP) is 1.17. The average Bonchev–Trinajstić information content (AvgIpc) is 2.80. The lowest BCUT2D eigenvalue weighted by Gasteiger charge is -2.33. The van der Waals surface area contributed by atoms with Crippen LogP contribution in [0.15, 0.2) is 4.52 Å². The van der Waals surface area contributed by atoms with Crippen LogP contribution in [0.25, 0.3) is 0 Å². The molecule has 0 aromatic carbocycles. The van der Waals surface area contributed by atoms with E-state index in [0.717, 1.165) is 0 Å².